The number of nitrogens with one attached hydrogen (secondary N) is 2. The lowest BCUT2D eigenvalue weighted by atomic mass is 10.1. The summed E-state index contributed by atoms with van der Waals surface area (Å²) in [7, 11) is 0. The van der Waals surface area contributed by atoms with Crippen LogP contribution in [0.1, 0.15) is 41.4 Å². The number of carbonyl (C=O) groups is 2. The molecule has 1 atom stereocenters. The van der Waals surface area contributed by atoms with Gasteiger partial charge in [-0.1, -0.05) is 36.4 Å². The number of amides is 2. The van der Waals surface area contributed by atoms with Gasteiger partial charge in [-0.05, 0) is 61.4 Å². The topological polar surface area (TPSA) is 103 Å². The zero-order chi connectivity index (χ0) is 22.9. The second-order valence-corrected chi connectivity index (χ2v) is 7.18. The van der Waals surface area contributed by atoms with E-state index in [1.165, 1.54) is 0 Å². The molecular formula is C25H27N3O4. The minimum absolute atomic E-state index is 0.0926. The quantitative estimate of drug-likeness (QED) is 0.438. The third kappa shape index (κ3) is 6.25. The Hall–Kier alpha value is -4.00. The van der Waals surface area contributed by atoms with E-state index in [0.29, 0.717) is 23.5 Å². The van der Waals surface area contributed by atoms with Crippen LogP contribution >= 0.6 is 0 Å². The molecule has 0 aliphatic heterocycles. The lowest BCUT2D eigenvalue weighted by Crippen LogP contribution is -2.27. The monoisotopic (exact) mass is 433 g/mol. The Morgan fingerprint density at radius 2 is 1.66 bits per heavy atom. The van der Waals surface area contributed by atoms with E-state index in [-0.39, 0.29) is 18.6 Å². The number of nitrogen functional groups attached to an aromatic ring is 1. The molecule has 0 bridgehead atoms. The van der Waals surface area contributed by atoms with E-state index < -0.39 is 6.09 Å². The second kappa shape index (κ2) is 10.9. The summed E-state index contributed by atoms with van der Waals surface area (Å²) in [4.78, 5) is 24.5. The molecule has 0 aliphatic carbocycles. The number of hydrogen-bond acceptors (Lipinski definition) is 5. The van der Waals surface area contributed by atoms with Crippen molar-refractivity contribution in [1.82, 2.24) is 5.32 Å². The molecule has 0 saturated carbocycles. The van der Waals surface area contributed by atoms with E-state index in [9.17, 15) is 9.59 Å². The molecule has 0 unspecified atom stereocenters. The Kier molecular flexibility index (Phi) is 7.70. The summed E-state index contributed by atoms with van der Waals surface area (Å²) in [6.45, 7) is 4.50. The molecule has 3 aromatic rings. The van der Waals surface area contributed by atoms with E-state index >= 15 is 0 Å². The van der Waals surface area contributed by atoms with Gasteiger partial charge in [-0.3, -0.25) is 4.79 Å². The SMILES string of the molecule is CCOc1ccc([C@H](C)NC(=O)OCc2ccc(C(=O)Nc3ccccc3N)cc2)cc1. The van der Waals surface area contributed by atoms with Crippen LogP contribution in [0.3, 0.4) is 0 Å². The molecule has 0 radical (unpaired) electrons. The van der Waals surface area contributed by atoms with Crippen LogP contribution in [0, 0.1) is 0 Å². The smallest absolute Gasteiger partial charge is 0.407 e. The highest BCUT2D eigenvalue weighted by atomic mass is 16.5. The fraction of sp³-hybridized carbons (Fsp3) is 0.200. The summed E-state index contributed by atoms with van der Waals surface area (Å²) < 4.78 is 10.7. The Labute approximate surface area is 187 Å². The Morgan fingerprint density at radius 3 is 2.31 bits per heavy atom. The van der Waals surface area contributed by atoms with Gasteiger partial charge in [-0.2, -0.15) is 0 Å². The number of nitrogens with two attached hydrogens (primary N) is 1. The number of anilines is 2. The van der Waals surface area contributed by atoms with Crippen molar-refractivity contribution in [1.29, 1.82) is 0 Å². The number of benzene rings is 3. The summed E-state index contributed by atoms with van der Waals surface area (Å²) in [6.07, 6.45) is -0.521. The summed E-state index contributed by atoms with van der Waals surface area (Å²) in [5, 5.41) is 5.58. The van der Waals surface area contributed by atoms with Crippen LogP contribution in [0.2, 0.25) is 0 Å². The van der Waals surface area contributed by atoms with E-state index in [4.69, 9.17) is 15.2 Å². The number of hydrogen-bond donors (Lipinski definition) is 3. The highest BCUT2D eigenvalue weighted by Crippen LogP contribution is 2.19. The highest BCUT2D eigenvalue weighted by molar-refractivity contribution is 6.05. The normalized spacial score (nSPS) is 11.3. The Bertz CT molecular complexity index is 1050. The molecule has 2 amide bonds. The number of ether oxygens (including phenoxy) is 2. The van der Waals surface area contributed by atoms with Crippen molar-refractivity contribution in [3.63, 3.8) is 0 Å². The lowest BCUT2D eigenvalue weighted by Gasteiger charge is -2.15. The maximum absolute atomic E-state index is 12.4. The number of rotatable bonds is 8. The fourth-order valence-electron chi connectivity index (χ4n) is 3.03. The largest absolute Gasteiger partial charge is 0.494 e. The molecule has 7 heteroatoms. The van der Waals surface area contributed by atoms with Gasteiger partial charge in [0.15, 0.2) is 0 Å². The molecule has 3 aromatic carbocycles. The zero-order valence-electron chi connectivity index (χ0n) is 18.1. The van der Waals surface area contributed by atoms with Crippen molar-refractivity contribution >= 4 is 23.4 Å². The molecule has 0 spiro atoms. The van der Waals surface area contributed by atoms with Gasteiger partial charge in [0.1, 0.15) is 12.4 Å². The van der Waals surface area contributed by atoms with Crippen molar-refractivity contribution in [2.45, 2.75) is 26.5 Å². The fourth-order valence-corrected chi connectivity index (χ4v) is 3.03. The van der Waals surface area contributed by atoms with Crippen LogP contribution in [0.15, 0.2) is 72.8 Å². The molecular weight excluding hydrogens is 406 g/mol. The van der Waals surface area contributed by atoms with Crippen molar-refractivity contribution in [3.8, 4) is 5.75 Å². The Morgan fingerprint density at radius 1 is 0.969 bits per heavy atom. The maximum Gasteiger partial charge on any atom is 0.407 e. The van der Waals surface area contributed by atoms with Crippen LogP contribution in [0.5, 0.6) is 5.75 Å². The minimum Gasteiger partial charge on any atom is -0.494 e. The van der Waals surface area contributed by atoms with Gasteiger partial charge in [0.2, 0.25) is 0 Å². The summed E-state index contributed by atoms with van der Waals surface area (Å²) in [5.74, 6) is 0.521. The van der Waals surface area contributed by atoms with Gasteiger partial charge in [0.25, 0.3) is 5.91 Å². The van der Waals surface area contributed by atoms with Gasteiger partial charge < -0.3 is 25.8 Å². The van der Waals surface area contributed by atoms with Gasteiger partial charge in [0, 0.05) is 5.56 Å². The lowest BCUT2D eigenvalue weighted by molar-refractivity contribution is 0.102. The molecule has 4 N–H and O–H groups in total. The first-order valence-electron chi connectivity index (χ1n) is 10.4. The zero-order valence-corrected chi connectivity index (χ0v) is 18.1. The van der Waals surface area contributed by atoms with Crippen molar-refractivity contribution in [2.24, 2.45) is 0 Å². The van der Waals surface area contributed by atoms with Crippen LogP contribution in [-0.4, -0.2) is 18.6 Å². The van der Waals surface area contributed by atoms with Crippen LogP contribution in [0.25, 0.3) is 0 Å². The third-order valence-electron chi connectivity index (χ3n) is 4.82. The highest BCUT2D eigenvalue weighted by Gasteiger charge is 2.12. The molecule has 7 nitrogen and oxygen atoms in total. The molecule has 32 heavy (non-hydrogen) atoms. The van der Waals surface area contributed by atoms with Crippen molar-refractivity contribution < 1.29 is 19.1 Å². The van der Waals surface area contributed by atoms with Crippen LogP contribution in [-0.2, 0) is 11.3 Å². The molecule has 0 saturated heterocycles. The predicted octanol–water partition coefficient (Wildman–Crippen LogP) is 4.91. The molecule has 0 aromatic heterocycles. The van der Waals surface area contributed by atoms with Crippen LogP contribution in [0.4, 0.5) is 16.2 Å². The van der Waals surface area contributed by atoms with Gasteiger partial charge in [-0.25, -0.2) is 4.79 Å². The summed E-state index contributed by atoms with van der Waals surface area (Å²) >= 11 is 0. The predicted molar refractivity (Wildman–Crippen MR) is 125 cm³/mol. The number of carbonyl (C=O) groups excluding carboxylic acids is 2. The van der Waals surface area contributed by atoms with Crippen molar-refractivity contribution in [3.05, 3.63) is 89.5 Å². The minimum atomic E-state index is -0.521. The number of alkyl carbamates (subject to hydrolysis) is 1. The average Bonchev–Trinajstić information content (AvgIpc) is 2.80. The molecule has 0 fully saturated rings. The van der Waals surface area contributed by atoms with E-state index in [2.05, 4.69) is 10.6 Å². The third-order valence-corrected chi connectivity index (χ3v) is 4.82. The van der Waals surface area contributed by atoms with E-state index in [1.54, 1.807) is 48.5 Å². The molecule has 0 aliphatic rings. The molecule has 166 valence electrons. The first kappa shape index (κ1) is 22.7. The number of para-hydroxylation sites is 2. The van der Waals surface area contributed by atoms with E-state index in [0.717, 1.165) is 16.9 Å². The molecule has 3 rings (SSSR count). The Balaban J connectivity index is 1.48. The summed E-state index contributed by atoms with van der Waals surface area (Å²) in [5.41, 5.74) is 9.10. The van der Waals surface area contributed by atoms with Gasteiger partial charge >= 0.3 is 6.09 Å². The molecule has 0 heterocycles. The van der Waals surface area contributed by atoms with E-state index in [1.807, 2.05) is 38.1 Å². The first-order valence-corrected chi connectivity index (χ1v) is 10.4. The maximum atomic E-state index is 12.4. The first-order chi connectivity index (χ1) is 15.5. The standard InChI is InChI=1S/C25H27N3O4/c1-3-31-21-14-12-19(13-15-21)17(2)27-25(30)32-16-18-8-10-20(11-9-18)24(29)28-23-7-5-4-6-22(23)26/h4-15,17H,3,16,26H2,1-2H3,(H,27,30)(H,28,29)/t17-/m0/s1. The average molecular weight is 434 g/mol. The summed E-state index contributed by atoms with van der Waals surface area (Å²) in [6, 6.07) is 21.2. The van der Waals surface area contributed by atoms with Gasteiger partial charge in [-0.15, -0.1) is 0 Å². The van der Waals surface area contributed by atoms with Crippen molar-refractivity contribution in [2.75, 3.05) is 17.7 Å². The van der Waals surface area contributed by atoms with Gasteiger partial charge in [0.05, 0.1) is 24.0 Å². The van der Waals surface area contributed by atoms with Crippen LogP contribution < -0.4 is 21.1 Å². The second-order valence-electron chi connectivity index (χ2n) is 7.18.